The lowest BCUT2D eigenvalue weighted by atomic mass is 10.1. The van der Waals surface area contributed by atoms with Crippen LogP contribution < -0.4 is 14.2 Å². The molecule has 8 nitrogen and oxygen atoms in total. The van der Waals surface area contributed by atoms with Crippen molar-refractivity contribution in [2.75, 3.05) is 20.8 Å². The van der Waals surface area contributed by atoms with Gasteiger partial charge in [-0.05, 0) is 12.8 Å². The van der Waals surface area contributed by atoms with Gasteiger partial charge in [-0.1, -0.05) is 12.8 Å². The van der Waals surface area contributed by atoms with E-state index in [1.54, 1.807) is 6.07 Å². The summed E-state index contributed by atoms with van der Waals surface area (Å²) < 4.78 is 26.6. The van der Waals surface area contributed by atoms with Gasteiger partial charge in [0.25, 0.3) is 0 Å². The van der Waals surface area contributed by atoms with Gasteiger partial charge in [0.2, 0.25) is 11.8 Å². The van der Waals surface area contributed by atoms with Crippen molar-refractivity contribution in [2.45, 2.75) is 37.9 Å². The van der Waals surface area contributed by atoms with Crippen LogP contribution in [0.15, 0.2) is 6.07 Å². The fourth-order valence-corrected chi connectivity index (χ4v) is 3.45. The largest absolute Gasteiger partial charge is 0.509 e. The van der Waals surface area contributed by atoms with E-state index >= 15 is 0 Å². The van der Waals surface area contributed by atoms with E-state index in [0.29, 0.717) is 24.6 Å². The molecule has 0 spiro atoms. The molecule has 0 radical (unpaired) electrons. The smallest absolute Gasteiger partial charge is 0.481 e. The normalized spacial score (nSPS) is 29.1. The van der Waals surface area contributed by atoms with Crippen molar-refractivity contribution in [3.05, 3.63) is 6.07 Å². The van der Waals surface area contributed by atoms with Crippen molar-refractivity contribution in [3.63, 3.8) is 0 Å². The molecule has 2 aliphatic carbocycles. The molecule has 25 heavy (non-hydrogen) atoms. The SMILES string of the molecule is C#CCOC(=O)OC12CC1(C)CCC2Oc1nc(OC)cc(OC)n1. The number of nitrogens with zero attached hydrogens (tertiary/aromatic N) is 2. The van der Waals surface area contributed by atoms with Gasteiger partial charge in [-0.2, -0.15) is 9.97 Å². The minimum atomic E-state index is -0.790. The van der Waals surface area contributed by atoms with Crippen LogP contribution in [-0.4, -0.2) is 48.7 Å². The molecule has 1 aromatic rings. The Balaban J connectivity index is 1.76. The van der Waals surface area contributed by atoms with Gasteiger partial charge in [-0.3, -0.25) is 0 Å². The first-order chi connectivity index (χ1) is 12.0. The number of rotatable bonds is 6. The fourth-order valence-electron chi connectivity index (χ4n) is 3.45. The van der Waals surface area contributed by atoms with Crippen molar-refractivity contribution in [3.8, 4) is 30.1 Å². The maximum atomic E-state index is 11.9. The van der Waals surface area contributed by atoms with Gasteiger partial charge in [0.15, 0.2) is 12.2 Å². The number of ether oxygens (including phenoxy) is 5. The fraction of sp³-hybridized carbons (Fsp3) is 0.588. The van der Waals surface area contributed by atoms with Crippen LogP contribution in [0.1, 0.15) is 26.2 Å². The third-order valence-corrected chi connectivity index (χ3v) is 4.89. The second-order valence-corrected chi connectivity index (χ2v) is 6.35. The molecular weight excluding hydrogens is 328 g/mol. The molecule has 0 amide bonds. The molecule has 8 heteroatoms. The number of terminal acetylenes is 1. The zero-order chi connectivity index (χ0) is 18.1. The summed E-state index contributed by atoms with van der Waals surface area (Å²) in [5, 5.41) is 0. The molecule has 2 fully saturated rings. The minimum Gasteiger partial charge on any atom is -0.481 e. The quantitative estimate of drug-likeness (QED) is 0.569. The zero-order valence-corrected chi connectivity index (χ0v) is 14.4. The van der Waals surface area contributed by atoms with E-state index in [9.17, 15) is 4.79 Å². The van der Waals surface area contributed by atoms with Crippen LogP contribution >= 0.6 is 0 Å². The lowest BCUT2D eigenvalue weighted by Crippen LogP contribution is -2.38. The number of methoxy groups -OCH3 is 2. The Morgan fingerprint density at radius 2 is 2.04 bits per heavy atom. The summed E-state index contributed by atoms with van der Waals surface area (Å²) in [5.74, 6) is 2.88. The van der Waals surface area contributed by atoms with Crippen molar-refractivity contribution in [1.82, 2.24) is 9.97 Å². The molecule has 3 rings (SSSR count). The number of carbonyl (C=O) groups is 1. The van der Waals surface area contributed by atoms with Crippen LogP contribution in [0.5, 0.6) is 17.8 Å². The third kappa shape index (κ3) is 3.02. The van der Waals surface area contributed by atoms with E-state index in [-0.39, 0.29) is 24.1 Å². The highest BCUT2D eigenvalue weighted by Gasteiger charge is 2.76. The number of aromatic nitrogens is 2. The molecular formula is C17H20N2O6. The summed E-state index contributed by atoms with van der Waals surface area (Å²) in [5.41, 5.74) is -0.895. The third-order valence-electron chi connectivity index (χ3n) is 4.89. The average molecular weight is 348 g/mol. The Bertz CT molecular complexity index is 695. The van der Waals surface area contributed by atoms with Gasteiger partial charge in [0, 0.05) is 11.8 Å². The lowest BCUT2D eigenvalue weighted by molar-refractivity contribution is -0.0388. The maximum absolute atomic E-state index is 11.9. The standard InChI is InChI=1S/C17H20N2O6/c1-5-8-23-15(20)25-17-10-16(17,2)7-6-11(17)24-14-18-12(21-3)9-13(19-14)22-4/h1,9,11H,6-8,10H2,2-4H3. The van der Waals surface area contributed by atoms with E-state index in [4.69, 9.17) is 30.1 Å². The Labute approximate surface area is 145 Å². The highest BCUT2D eigenvalue weighted by Crippen LogP contribution is 2.69. The molecule has 0 N–H and O–H groups in total. The number of carbonyl (C=O) groups excluding carboxylic acids is 1. The highest BCUT2D eigenvalue weighted by molar-refractivity contribution is 5.62. The van der Waals surface area contributed by atoms with Gasteiger partial charge in [-0.25, -0.2) is 4.79 Å². The molecule has 0 saturated heterocycles. The molecule has 2 aliphatic rings. The van der Waals surface area contributed by atoms with E-state index in [0.717, 1.165) is 6.42 Å². The second kappa shape index (κ2) is 6.31. The van der Waals surface area contributed by atoms with Gasteiger partial charge in [0.1, 0.15) is 6.10 Å². The van der Waals surface area contributed by atoms with Crippen molar-refractivity contribution < 1.29 is 28.5 Å². The number of hydrogen-bond donors (Lipinski definition) is 0. The molecule has 1 heterocycles. The van der Waals surface area contributed by atoms with Crippen molar-refractivity contribution in [2.24, 2.45) is 5.41 Å². The van der Waals surface area contributed by atoms with Crippen LogP contribution in [-0.2, 0) is 9.47 Å². The van der Waals surface area contributed by atoms with Gasteiger partial charge < -0.3 is 23.7 Å². The second-order valence-electron chi connectivity index (χ2n) is 6.35. The van der Waals surface area contributed by atoms with Gasteiger partial charge in [-0.15, -0.1) is 6.42 Å². The summed E-state index contributed by atoms with van der Waals surface area (Å²) in [6, 6.07) is 1.66. The van der Waals surface area contributed by atoms with Gasteiger partial charge >= 0.3 is 12.2 Å². The van der Waals surface area contributed by atoms with E-state index in [1.165, 1.54) is 14.2 Å². The average Bonchev–Trinajstić information content (AvgIpc) is 3.12. The zero-order valence-electron chi connectivity index (χ0n) is 14.4. The molecule has 0 bridgehead atoms. The Kier molecular flexibility index (Phi) is 4.33. The van der Waals surface area contributed by atoms with E-state index in [1.807, 2.05) is 0 Å². The van der Waals surface area contributed by atoms with Gasteiger partial charge in [0.05, 0.1) is 20.3 Å². The maximum Gasteiger partial charge on any atom is 0.509 e. The summed E-state index contributed by atoms with van der Waals surface area (Å²) in [4.78, 5) is 20.2. The van der Waals surface area contributed by atoms with Crippen LogP contribution in [0.4, 0.5) is 4.79 Å². The first-order valence-electron chi connectivity index (χ1n) is 7.89. The predicted molar refractivity (Wildman–Crippen MR) is 85.5 cm³/mol. The number of hydrogen-bond acceptors (Lipinski definition) is 8. The Hall–Kier alpha value is -2.69. The van der Waals surface area contributed by atoms with Crippen LogP contribution in [0.2, 0.25) is 0 Å². The molecule has 0 aliphatic heterocycles. The summed E-state index contributed by atoms with van der Waals surface area (Å²) >= 11 is 0. The van der Waals surface area contributed by atoms with Crippen molar-refractivity contribution >= 4 is 6.16 Å². The molecule has 3 atom stereocenters. The van der Waals surface area contributed by atoms with Crippen LogP contribution in [0.3, 0.4) is 0 Å². The van der Waals surface area contributed by atoms with Crippen LogP contribution in [0.25, 0.3) is 0 Å². The number of fused-ring (bicyclic) bond motifs is 1. The first-order valence-corrected chi connectivity index (χ1v) is 7.89. The Morgan fingerprint density at radius 3 is 2.60 bits per heavy atom. The summed E-state index contributed by atoms with van der Waals surface area (Å²) in [6.45, 7) is 1.92. The molecule has 3 unspecified atom stereocenters. The van der Waals surface area contributed by atoms with E-state index in [2.05, 4.69) is 22.8 Å². The molecule has 1 aromatic heterocycles. The molecule has 134 valence electrons. The topological polar surface area (TPSA) is 89.0 Å². The highest BCUT2D eigenvalue weighted by atomic mass is 16.7. The minimum absolute atomic E-state index is 0.109. The first kappa shape index (κ1) is 17.1. The van der Waals surface area contributed by atoms with E-state index < -0.39 is 11.8 Å². The molecule has 2 saturated carbocycles. The molecule has 0 aromatic carbocycles. The summed E-state index contributed by atoms with van der Waals surface area (Å²) in [6.07, 6.45) is 6.18. The van der Waals surface area contributed by atoms with Crippen LogP contribution in [0, 0.1) is 17.8 Å². The monoisotopic (exact) mass is 348 g/mol. The lowest BCUT2D eigenvalue weighted by Gasteiger charge is -2.24. The predicted octanol–water partition coefficient (Wildman–Crippen LogP) is 1.97. The van der Waals surface area contributed by atoms with Crippen molar-refractivity contribution in [1.29, 1.82) is 0 Å². The summed E-state index contributed by atoms with van der Waals surface area (Å²) in [7, 11) is 2.98. The Morgan fingerprint density at radius 1 is 1.36 bits per heavy atom.